The van der Waals surface area contributed by atoms with Gasteiger partial charge in [-0.05, 0) is 30.3 Å². The number of carbonyl (C=O) groups excluding carboxylic acids is 1. The van der Waals surface area contributed by atoms with E-state index in [1.807, 2.05) is 18.2 Å². The first-order valence-electron chi connectivity index (χ1n) is 9.70. The van der Waals surface area contributed by atoms with E-state index in [1.165, 1.54) is 23.1 Å². The number of ether oxygens (including phenoxy) is 1. The van der Waals surface area contributed by atoms with Gasteiger partial charge in [-0.3, -0.25) is 9.59 Å². The van der Waals surface area contributed by atoms with Gasteiger partial charge in [0.15, 0.2) is 0 Å². The lowest BCUT2D eigenvalue weighted by molar-refractivity contribution is 0.0719. The second-order valence-electron chi connectivity index (χ2n) is 6.98. The summed E-state index contributed by atoms with van der Waals surface area (Å²) in [5.74, 6) is -0.214. The number of nitrogens with one attached hydrogen (secondary N) is 1. The smallest absolute Gasteiger partial charge is 0.258 e. The summed E-state index contributed by atoms with van der Waals surface area (Å²) in [6.07, 6.45) is 0. The van der Waals surface area contributed by atoms with Gasteiger partial charge in [0.1, 0.15) is 17.4 Å². The highest BCUT2D eigenvalue weighted by atomic mass is 19.1. The number of methoxy groups -OCH3 is 1. The van der Waals surface area contributed by atoms with Crippen molar-refractivity contribution in [3.8, 4) is 5.75 Å². The van der Waals surface area contributed by atoms with Crippen molar-refractivity contribution in [1.82, 2.24) is 14.9 Å². The molecule has 1 heterocycles. The largest absolute Gasteiger partial charge is 0.496 e. The summed E-state index contributed by atoms with van der Waals surface area (Å²) < 4.78 is 19.7. The number of carbonyl (C=O) groups is 1. The van der Waals surface area contributed by atoms with Crippen LogP contribution >= 0.6 is 0 Å². The molecular weight excluding hydrogens is 397 g/mol. The van der Waals surface area contributed by atoms with Crippen LogP contribution in [0.15, 0.2) is 77.6 Å². The Bertz CT molecular complexity index is 1300. The molecule has 0 bridgehead atoms. The van der Waals surface area contributed by atoms with Crippen LogP contribution in [-0.2, 0) is 13.1 Å². The predicted octanol–water partition coefficient (Wildman–Crippen LogP) is 3.91. The lowest BCUT2D eigenvalue weighted by atomic mass is 10.1. The van der Waals surface area contributed by atoms with Gasteiger partial charge in [-0.2, -0.15) is 0 Å². The first kappa shape index (κ1) is 20.3. The van der Waals surface area contributed by atoms with E-state index in [1.54, 1.807) is 43.5 Å². The van der Waals surface area contributed by atoms with Crippen LogP contribution in [0.25, 0.3) is 10.9 Å². The molecule has 7 heteroatoms. The van der Waals surface area contributed by atoms with Crippen molar-refractivity contribution in [2.45, 2.75) is 13.1 Å². The second-order valence-corrected chi connectivity index (χ2v) is 6.98. The monoisotopic (exact) mass is 417 g/mol. The summed E-state index contributed by atoms with van der Waals surface area (Å²) in [6, 6.07) is 20.0. The number of rotatable bonds is 6. The molecule has 156 valence electrons. The van der Waals surface area contributed by atoms with Crippen LogP contribution in [0.1, 0.15) is 21.7 Å². The van der Waals surface area contributed by atoms with Crippen LogP contribution in [0.5, 0.6) is 5.75 Å². The standard InChI is InChI=1S/C24H20FN3O3/c1-31-21-13-7-2-8-16(21)14-28(24(30)17-9-3-5-11-19(17)25)15-22-26-20-12-6-4-10-18(20)23(29)27-22/h2-13H,14-15H2,1H3,(H,26,27,29). The van der Waals surface area contributed by atoms with Gasteiger partial charge in [0.2, 0.25) is 0 Å². The summed E-state index contributed by atoms with van der Waals surface area (Å²) in [7, 11) is 1.55. The number of hydrogen-bond acceptors (Lipinski definition) is 4. The van der Waals surface area contributed by atoms with Gasteiger partial charge in [0, 0.05) is 5.56 Å². The normalized spacial score (nSPS) is 10.8. The molecule has 0 fully saturated rings. The van der Waals surface area contributed by atoms with Gasteiger partial charge in [-0.15, -0.1) is 0 Å². The van der Waals surface area contributed by atoms with E-state index in [4.69, 9.17) is 4.74 Å². The van der Waals surface area contributed by atoms with Crippen LogP contribution in [-0.4, -0.2) is 27.9 Å². The fourth-order valence-electron chi connectivity index (χ4n) is 3.43. The van der Waals surface area contributed by atoms with Crippen LogP contribution in [0.3, 0.4) is 0 Å². The molecule has 0 saturated carbocycles. The fourth-order valence-corrected chi connectivity index (χ4v) is 3.43. The van der Waals surface area contributed by atoms with Gasteiger partial charge in [-0.25, -0.2) is 9.37 Å². The fraction of sp³-hybridized carbons (Fsp3) is 0.125. The number of hydrogen-bond donors (Lipinski definition) is 1. The summed E-state index contributed by atoms with van der Waals surface area (Å²) in [5.41, 5.74) is 0.923. The number of benzene rings is 3. The minimum absolute atomic E-state index is 0.00864. The molecule has 0 spiro atoms. The first-order valence-corrected chi connectivity index (χ1v) is 9.70. The molecule has 4 aromatic rings. The minimum Gasteiger partial charge on any atom is -0.496 e. The number of H-pyrrole nitrogens is 1. The van der Waals surface area contributed by atoms with Crippen molar-refractivity contribution < 1.29 is 13.9 Å². The molecule has 0 unspecified atom stereocenters. The Labute approximate surface area is 177 Å². The van der Waals surface area contributed by atoms with E-state index >= 15 is 0 Å². The van der Waals surface area contributed by atoms with Gasteiger partial charge >= 0.3 is 0 Å². The minimum atomic E-state index is -0.613. The highest BCUT2D eigenvalue weighted by molar-refractivity contribution is 5.94. The number of aromatic nitrogens is 2. The average Bonchev–Trinajstić information content (AvgIpc) is 2.79. The molecule has 31 heavy (non-hydrogen) atoms. The van der Waals surface area contributed by atoms with Crippen LogP contribution in [0, 0.1) is 5.82 Å². The van der Waals surface area contributed by atoms with E-state index in [0.717, 1.165) is 5.56 Å². The Morgan fingerprint density at radius 2 is 1.71 bits per heavy atom. The number of halogens is 1. The van der Waals surface area contributed by atoms with Gasteiger partial charge in [0.05, 0.1) is 36.7 Å². The Morgan fingerprint density at radius 1 is 1.00 bits per heavy atom. The number of para-hydroxylation sites is 2. The molecule has 3 aromatic carbocycles. The maximum Gasteiger partial charge on any atom is 0.258 e. The molecule has 0 radical (unpaired) electrons. The maximum atomic E-state index is 14.4. The van der Waals surface area contributed by atoms with Crippen LogP contribution < -0.4 is 10.3 Å². The Hall–Kier alpha value is -4.00. The number of fused-ring (bicyclic) bond motifs is 1. The molecule has 1 N–H and O–H groups in total. The van der Waals surface area contributed by atoms with Gasteiger partial charge < -0.3 is 14.6 Å². The topological polar surface area (TPSA) is 75.3 Å². The average molecular weight is 417 g/mol. The van der Waals surface area contributed by atoms with E-state index in [0.29, 0.717) is 22.5 Å². The molecule has 6 nitrogen and oxygen atoms in total. The lowest BCUT2D eigenvalue weighted by Gasteiger charge is -2.23. The van der Waals surface area contributed by atoms with Crippen LogP contribution in [0.4, 0.5) is 4.39 Å². The summed E-state index contributed by atoms with van der Waals surface area (Å²) >= 11 is 0. The lowest BCUT2D eigenvalue weighted by Crippen LogP contribution is -2.32. The van der Waals surface area contributed by atoms with E-state index in [-0.39, 0.29) is 24.2 Å². The third-order valence-electron chi connectivity index (χ3n) is 4.95. The van der Waals surface area contributed by atoms with Crippen molar-refractivity contribution in [3.05, 3.63) is 106 Å². The van der Waals surface area contributed by atoms with Crippen molar-refractivity contribution in [2.24, 2.45) is 0 Å². The molecule has 0 saturated heterocycles. The number of aromatic amines is 1. The van der Waals surface area contributed by atoms with Crippen molar-refractivity contribution in [1.29, 1.82) is 0 Å². The first-order chi connectivity index (χ1) is 15.1. The van der Waals surface area contributed by atoms with E-state index < -0.39 is 11.7 Å². The SMILES string of the molecule is COc1ccccc1CN(Cc1nc2ccccc2c(=O)[nH]1)C(=O)c1ccccc1F. The summed E-state index contributed by atoms with van der Waals surface area (Å²) in [4.78, 5) is 34.4. The Kier molecular flexibility index (Phi) is 5.75. The van der Waals surface area contributed by atoms with Crippen LogP contribution in [0.2, 0.25) is 0 Å². The van der Waals surface area contributed by atoms with Crippen molar-refractivity contribution in [3.63, 3.8) is 0 Å². The molecule has 1 amide bonds. The highest BCUT2D eigenvalue weighted by Crippen LogP contribution is 2.22. The molecule has 0 atom stereocenters. The van der Waals surface area contributed by atoms with Gasteiger partial charge in [0.25, 0.3) is 11.5 Å². The van der Waals surface area contributed by atoms with Gasteiger partial charge in [-0.1, -0.05) is 42.5 Å². The Balaban J connectivity index is 1.74. The zero-order valence-corrected chi connectivity index (χ0v) is 16.8. The van der Waals surface area contributed by atoms with E-state index in [2.05, 4.69) is 9.97 Å². The predicted molar refractivity (Wildman–Crippen MR) is 115 cm³/mol. The summed E-state index contributed by atoms with van der Waals surface area (Å²) in [6.45, 7) is 0.138. The van der Waals surface area contributed by atoms with E-state index in [9.17, 15) is 14.0 Å². The van der Waals surface area contributed by atoms with Crippen molar-refractivity contribution >= 4 is 16.8 Å². The molecular formula is C24H20FN3O3. The third kappa shape index (κ3) is 4.30. The zero-order chi connectivity index (χ0) is 21.8. The zero-order valence-electron chi connectivity index (χ0n) is 16.8. The molecule has 0 aliphatic rings. The quantitative estimate of drug-likeness (QED) is 0.516. The molecule has 4 rings (SSSR count). The number of amides is 1. The summed E-state index contributed by atoms with van der Waals surface area (Å²) in [5, 5.41) is 0.461. The molecule has 0 aliphatic carbocycles. The second kappa shape index (κ2) is 8.79. The third-order valence-corrected chi connectivity index (χ3v) is 4.95. The molecule has 1 aromatic heterocycles. The number of nitrogens with zero attached hydrogens (tertiary/aromatic N) is 2. The van der Waals surface area contributed by atoms with Crippen molar-refractivity contribution in [2.75, 3.05) is 7.11 Å². The highest BCUT2D eigenvalue weighted by Gasteiger charge is 2.22. The maximum absolute atomic E-state index is 14.4. The Morgan fingerprint density at radius 3 is 2.52 bits per heavy atom. The molecule has 0 aliphatic heterocycles.